The minimum atomic E-state index is 0.277. The Morgan fingerprint density at radius 1 is 1.00 bits per heavy atom. The summed E-state index contributed by atoms with van der Waals surface area (Å²) in [4.78, 5) is 0. The Bertz CT molecular complexity index is 303. The molecule has 2 heteroatoms. The summed E-state index contributed by atoms with van der Waals surface area (Å²) < 4.78 is 2.35. The molecule has 0 aliphatic carbocycles. The van der Waals surface area contributed by atoms with Gasteiger partial charge in [0.15, 0.2) is 0 Å². The molecular formula is C18H36IN. The summed E-state index contributed by atoms with van der Waals surface area (Å²) in [6.07, 6.45) is 3.61. The van der Waals surface area contributed by atoms with Crippen LogP contribution in [-0.4, -0.2) is 9.66 Å². The smallest absolute Gasteiger partial charge is 0.0588 e. The van der Waals surface area contributed by atoms with E-state index >= 15 is 0 Å². The van der Waals surface area contributed by atoms with Gasteiger partial charge in [0.2, 0.25) is 0 Å². The van der Waals surface area contributed by atoms with Crippen LogP contribution in [0.5, 0.6) is 0 Å². The van der Waals surface area contributed by atoms with Crippen molar-refractivity contribution in [2.45, 2.75) is 74.7 Å². The van der Waals surface area contributed by atoms with Crippen molar-refractivity contribution in [1.29, 1.82) is 0 Å². The van der Waals surface area contributed by atoms with Crippen molar-refractivity contribution in [1.82, 2.24) is 3.11 Å². The first-order chi connectivity index (χ1) is 8.89. The molecule has 0 fully saturated rings. The number of nitrogens with zero attached hydrogens (tertiary/aromatic N) is 1. The van der Waals surface area contributed by atoms with Crippen LogP contribution in [0, 0.1) is 22.7 Å². The first-order valence-electron chi connectivity index (χ1n) is 8.00. The van der Waals surface area contributed by atoms with E-state index in [0.29, 0.717) is 5.41 Å². The summed E-state index contributed by atoms with van der Waals surface area (Å²) in [7, 11) is 0. The van der Waals surface area contributed by atoms with Gasteiger partial charge in [-0.15, -0.1) is 0 Å². The number of halogens is 1. The lowest BCUT2D eigenvalue weighted by Gasteiger charge is -2.45. The van der Waals surface area contributed by atoms with Gasteiger partial charge < -0.3 is 3.11 Å². The van der Waals surface area contributed by atoms with Crippen LogP contribution in [-0.2, 0) is 0 Å². The van der Waals surface area contributed by atoms with E-state index in [-0.39, 0.29) is 5.41 Å². The van der Waals surface area contributed by atoms with Gasteiger partial charge in [-0.1, -0.05) is 62.0 Å². The lowest BCUT2D eigenvalue weighted by atomic mass is 9.64. The molecule has 0 aromatic carbocycles. The second-order valence-corrected chi connectivity index (χ2v) is 9.55. The van der Waals surface area contributed by atoms with E-state index in [9.17, 15) is 0 Å². The maximum Gasteiger partial charge on any atom is 0.0588 e. The van der Waals surface area contributed by atoms with E-state index in [1.165, 1.54) is 18.5 Å². The third-order valence-corrected chi connectivity index (χ3v) is 5.66. The van der Waals surface area contributed by atoms with Crippen LogP contribution < -0.4 is 0 Å². The van der Waals surface area contributed by atoms with Gasteiger partial charge in [-0.3, -0.25) is 0 Å². The average molecular weight is 393 g/mol. The molecule has 0 aliphatic rings. The van der Waals surface area contributed by atoms with E-state index < -0.39 is 0 Å². The van der Waals surface area contributed by atoms with Crippen LogP contribution in [0.1, 0.15) is 74.7 Å². The zero-order chi connectivity index (χ0) is 16.1. The molecule has 0 spiro atoms. The average Bonchev–Trinajstić information content (AvgIpc) is 2.22. The van der Waals surface area contributed by atoms with Gasteiger partial charge in [-0.2, -0.15) is 0 Å². The Balaban J connectivity index is 4.62. The second kappa shape index (κ2) is 8.05. The summed E-state index contributed by atoms with van der Waals surface area (Å²) >= 11 is 2.45. The first kappa shape index (κ1) is 20.3. The fraction of sp³-hybridized carbons (Fsp3) is 0.889. The van der Waals surface area contributed by atoms with E-state index in [1.807, 2.05) is 0 Å². The standard InChI is InChI=1S/C18H36IN/c1-14(2)10-11-16(5)20(19)13-18(8,9)17(6,7)12-15(3)4/h14-15H,5,10-13H2,1-4,6-9H3. The van der Waals surface area contributed by atoms with Crippen molar-refractivity contribution in [3.63, 3.8) is 0 Å². The molecule has 0 N–H and O–H groups in total. The normalized spacial score (nSPS) is 13.2. The van der Waals surface area contributed by atoms with E-state index in [4.69, 9.17) is 0 Å². The molecule has 0 aromatic heterocycles. The SMILES string of the molecule is C=C(CCC(C)C)N(I)CC(C)(C)C(C)(C)CC(C)C. The van der Waals surface area contributed by atoms with Crippen molar-refractivity contribution in [3.05, 3.63) is 12.3 Å². The van der Waals surface area contributed by atoms with E-state index in [2.05, 4.69) is 87.9 Å². The van der Waals surface area contributed by atoms with E-state index in [0.717, 1.165) is 24.8 Å². The molecule has 0 amide bonds. The molecule has 0 bridgehead atoms. The Morgan fingerprint density at radius 3 is 1.90 bits per heavy atom. The largest absolute Gasteiger partial charge is 0.319 e. The molecule has 0 saturated heterocycles. The zero-order valence-corrected chi connectivity index (χ0v) is 17.2. The van der Waals surface area contributed by atoms with Crippen LogP contribution in [0.3, 0.4) is 0 Å². The quantitative estimate of drug-likeness (QED) is 0.312. The molecule has 0 heterocycles. The molecule has 0 radical (unpaired) electrons. The van der Waals surface area contributed by atoms with Gasteiger partial charge in [0.05, 0.1) is 22.9 Å². The van der Waals surface area contributed by atoms with Crippen LogP contribution in [0.15, 0.2) is 12.3 Å². The van der Waals surface area contributed by atoms with Gasteiger partial charge in [-0.05, 0) is 41.9 Å². The molecular weight excluding hydrogens is 357 g/mol. The summed E-state index contributed by atoms with van der Waals surface area (Å²) in [6.45, 7) is 24.2. The summed E-state index contributed by atoms with van der Waals surface area (Å²) in [5, 5.41) is 0. The highest BCUT2D eigenvalue weighted by Gasteiger charge is 2.38. The highest BCUT2D eigenvalue weighted by atomic mass is 127. The monoisotopic (exact) mass is 393 g/mol. The summed E-state index contributed by atoms with van der Waals surface area (Å²) in [6, 6.07) is 0. The fourth-order valence-corrected chi connectivity index (χ4v) is 3.64. The predicted molar refractivity (Wildman–Crippen MR) is 101 cm³/mol. The topological polar surface area (TPSA) is 3.24 Å². The predicted octanol–water partition coefficient (Wildman–Crippen LogP) is 6.69. The Kier molecular flexibility index (Phi) is 8.16. The highest BCUT2D eigenvalue weighted by molar-refractivity contribution is 14.1. The summed E-state index contributed by atoms with van der Waals surface area (Å²) in [5.41, 5.74) is 1.88. The fourth-order valence-electron chi connectivity index (χ4n) is 2.55. The number of rotatable bonds is 9. The molecule has 0 aromatic rings. The van der Waals surface area contributed by atoms with Gasteiger partial charge in [0.25, 0.3) is 0 Å². The van der Waals surface area contributed by atoms with Gasteiger partial charge in [-0.25, -0.2) is 0 Å². The maximum atomic E-state index is 4.27. The summed E-state index contributed by atoms with van der Waals surface area (Å²) in [5.74, 6) is 1.50. The van der Waals surface area contributed by atoms with Crippen LogP contribution in [0.4, 0.5) is 0 Å². The number of allylic oxidation sites excluding steroid dienone is 1. The second-order valence-electron chi connectivity index (χ2n) is 8.38. The molecule has 0 unspecified atom stereocenters. The zero-order valence-electron chi connectivity index (χ0n) is 15.0. The Hall–Kier alpha value is 0.270. The van der Waals surface area contributed by atoms with Crippen molar-refractivity contribution in [2.24, 2.45) is 22.7 Å². The van der Waals surface area contributed by atoms with Gasteiger partial charge >= 0.3 is 0 Å². The maximum absolute atomic E-state index is 4.27. The van der Waals surface area contributed by atoms with Gasteiger partial charge in [0, 0.05) is 12.2 Å². The lowest BCUT2D eigenvalue weighted by molar-refractivity contribution is 0.0725. The molecule has 0 saturated carbocycles. The Labute approximate surface area is 142 Å². The van der Waals surface area contributed by atoms with E-state index in [1.54, 1.807) is 0 Å². The molecule has 120 valence electrons. The third-order valence-electron chi connectivity index (χ3n) is 4.64. The van der Waals surface area contributed by atoms with Crippen LogP contribution in [0.25, 0.3) is 0 Å². The molecule has 0 atom stereocenters. The highest BCUT2D eigenvalue weighted by Crippen LogP contribution is 2.44. The van der Waals surface area contributed by atoms with Crippen molar-refractivity contribution in [3.8, 4) is 0 Å². The molecule has 20 heavy (non-hydrogen) atoms. The van der Waals surface area contributed by atoms with Gasteiger partial charge in [0.1, 0.15) is 0 Å². The molecule has 0 aliphatic heterocycles. The minimum Gasteiger partial charge on any atom is -0.319 e. The van der Waals surface area contributed by atoms with Crippen LogP contribution >= 0.6 is 22.9 Å². The molecule has 1 nitrogen and oxygen atoms in total. The molecule has 0 rings (SSSR count). The van der Waals surface area contributed by atoms with Crippen molar-refractivity contribution in [2.75, 3.05) is 6.54 Å². The minimum absolute atomic E-state index is 0.277. The van der Waals surface area contributed by atoms with Crippen molar-refractivity contribution < 1.29 is 0 Å². The van der Waals surface area contributed by atoms with Crippen molar-refractivity contribution >= 4 is 22.9 Å². The number of hydrogen-bond donors (Lipinski definition) is 0. The Morgan fingerprint density at radius 2 is 1.50 bits per heavy atom. The third kappa shape index (κ3) is 6.82. The van der Waals surface area contributed by atoms with Crippen LogP contribution in [0.2, 0.25) is 0 Å². The lowest BCUT2D eigenvalue weighted by Crippen LogP contribution is -2.40. The first-order valence-corrected chi connectivity index (χ1v) is 8.96. The number of hydrogen-bond acceptors (Lipinski definition) is 1.